The fourth-order valence-corrected chi connectivity index (χ4v) is 2.82. The molecule has 0 fully saturated rings. The summed E-state index contributed by atoms with van der Waals surface area (Å²) in [6.45, 7) is 2.29. The fraction of sp³-hybridized carbons (Fsp3) is 0.462. The minimum Gasteiger partial charge on any atom is -0.352 e. The number of halogens is 1. The summed E-state index contributed by atoms with van der Waals surface area (Å²) >= 11 is 3.33. The van der Waals surface area contributed by atoms with E-state index < -0.39 is 10.8 Å². The lowest BCUT2D eigenvalue weighted by Gasteiger charge is -2.10. The van der Waals surface area contributed by atoms with Crippen molar-refractivity contribution in [3.05, 3.63) is 28.7 Å². The van der Waals surface area contributed by atoms with Crippen molar-refractivity contribution in [2.24, 2.45) is 5.73 Å². The number of rotatable bonds is 7. The van der Waals surface area contributed by atoms with E-state index in [-0.39, 0.29) is 11.9 Å². The molecular weight excluding hydrogens is 328 g/mol. The highest BCUT2D eigenvalue weighted by Gasteiger charge is 2.08. The highest BCUT2D eigenvalue weighted by Crippen LogP contribution is 2.14. The molecule has 1 rings (SSSR count). The van der Waals surface area contributed by atoms with E-state index in [1.807, 2.05) is 31.2 Å². The molecule has 0 spiro atoms. The number of benzene rings is 1. The Morgan fingerprint density at radius 1 is 1.42 bits per heavy atom. The van der Waals surface area contributed by atoms with Gasteiger partial charge in [0.15, 0.2) is 0 Å². The van der Waals surface area contributed by atoms with Crippen LogP contribution in [0.5, 0.6) is 0 Å². The normalized spacial score (nSPS) is 13.8. The van der Waals surface area contributed by atoms with Crippen molar-refractivity contribution in [3.63, 3.8) is 0 Å². The zero-order chi connectivity index (χ0) is 14.3. The molecule has 2 atom stereocenters. The Morgan fingerprint density at radius 3 is 2.63 bits per heavy atom. The molecule has 0 radical (unpaired) electrons. The SMILES string of the molecule is C[C@@H](CN)NC(=O)CCCS(=O)c1ccc(Br)cc1. The molecule has 0 aliphatic rings. The molecular formula is C13H19BrN2O2S. The first kappa shape index (κ1) is 16.3. The largest absolute Gasteiger partial charge is 0.352 e. The fourth-order valence-electron chi connectivity index (χ4n) is 1.47. The molecule has 1 unspecified atom stereocenters. The molecule has 0 saturated carbocycles. The van der Waals surface area contributed by atoms with E-state index >= 15 is 0 Å². The Balaban J connectivity index is 2.31. The van der Waals surface area contributed by atoms with Crippen molar-refractivity contribution in [2.75, 3.05) is 12.3 Å². The van der Waals surface area contributed by atoms with Crippen molar-refractivity contribution >= 4 is 32.6 Å². The maximum atomic E-state index is 12.0. The van der Waals surface area contributed by atoms with Crippen LogP contribution in [0, 0.1) is 0 Å². The molecule has 106 valence electrons. The first-order valence-electron chi connectivity index (χ1n) is 6.16. The van der Waals surface area contributed by atoms with Gasteiger partial charge in [0.1, 0.15) is 0 Å². The first-order valence-corrected chi connectivity index (χ1v) is 8.27. The van der Waals surface area contributed by atoms with E-state index in [2.05, 4.69) is 21.2 Å². The molecule has 0 aliphatic heterocycles. The van der Waals surface area contributed by atoms with Gasteiger partial charge in [0.25, 0.3) is 0 Å². The van der Waals surface area contributed by atoms with Crippen molar-refractivity contribution in [1.82, 2.24) is 5.32 Å². The predicted molar refractivity (Wildman–Crippen MR) is 81.3 cm³/mol. The Morgan fingerprint density at radius 2 is 2.05 bits per heavy atom. The maximum absolute atomic E-state index is 12.0. The summed E-state index contributed by atoms with van der Waals surface area (Å²) in [7, 11) is -1.05. The number of nitrogens with two attached hydrogens (primary N) is 1. The number of amides is 1. The summed E-state index contributed by atoms with van der Waals surface area (Å²) in [6, 6.07) is 7.38. The molecule has 0 aromatic heterocycles. The molecule has 0 aliphatic carbocycles. The smallest absolute Gasteiger partial charge is 0.220 e. The number of carbonyl (C=O) groups excluding carboxylic acids is 1. The molecule has 0 saturated heterocycles. The third kappa shape index (κ3) is 6.31. The summed E-state index contributed by atoms with van der Waals surface area (Å²) in [5.74, 6) is 0.456. The second kappa shape index (κ2) is 8.45. The van der Waals surface area contributed by atoms with Crippen molar-refractivity contribution in [2.45, 2.75) is 30.7 Å². The minimum absolute atomic E-state index is 0.00975. The molecule has 1 aromatic carbocycles. The molecule has 4 nitrogen and oxygen atoms in total. The van der Waals surface area contributed by atoms with Gasteiger partial charge in [-0.2, -0.15) is 0 Å². The van der Waals surface area contributed by atoms with Gasteiger partial charge in [0.2, 0.25) is 5.91 Å². The molecule has 1 amide bonds. The lowest BCUT2D eigenvalue weighted by molar-refractivity contribution is -0.121. The number of carbonyl (C=O) groups is 1. The maximum Gasteiger partial charge on any atom is 0.220 e. The third-order valence-corrected chi connectivity index (χ3v) is 4.56. The van der Waals surface area contributed by atoms with Gasteiger partial charge in [-0.3, -0.25) is 9.00 Å². The Bertz CT molecular complexity index is 437. The Kier molecular flexibility index (Phi) is 7.27. The van der Waals surface area contributed by atoms with Crippen LogP contribution in [0.3, 0.4) is 0 Å². The van der Waals surface area contributed by atoms with Gasteiger partial charge in [-0.05, 0) is 37.6 Å². The quantitative estimate of drug-likeness (QED) is 0.790. The van der Waals surface area contributed by atoms with Gasteiger partial charge in [-0.15, -0.1) is 0 Å². The lowest BCUT2D eigenvalue weighted by Crippen LogP contribution is -2.37. The van der Waals surface area contributed by atoms with E-state index in [1.54, 1.807) is 0 Å². The van der Waals surface area contributed by atoms with Gasteiger partial charge in [-0.1, -0.05) is 15.9 Å². The lowest BCUT2D eigenvalue weighted by atomic mass is 10.3. The van der Waals surface area contributed by atoms with Crippen molar-refractivity contribution < 1.29 is 9.00 Å². The highest BCUT2D eigenvalue weighted by molar-refractivity contribution is 9.10. The number of hydrogen-bond donors (Lipinski definition) is 2. The minimum atomic E-state index is -1.05. The standard InChI is InChI=1S/C13H19BrN2O2S/c1-10(9-15)16-13(17)3-2-8-19(18)12-6-4-11(14)5-7-12/h4-7,10H,2-3,8-9,15H2,1H3,(H,16,17)/t10-,19?/m0/s1. The molecule has 6 heteroatoms. The predicted octanol–water partition coefficient (Wildman–Crippen LogP) is 1.80. The summed E-state index contributed by atoms with van der Waals surface area (Å²) < 4.78 is 12.9. The molecule has 19 heavy (non-hydrogen) atoms. The van der Waals surface area contributed by atoms with Gasteiger partial charge in [0.05, 0.1) is 10.8 Å². The van der Waals surface area contributed by atoms with Crippen LogP contribution in [0.4, 0.5) is 0 Å². The second-order valence-electron chi connectivity index (χ2n) is 4.31. The third-order valence-electron chi connectivity index (χ3n) is 2.57. The first-order chi connectivity index (χ1) is 9.02. The van der Waals surface area contributed by atoms with Crippen LogP contribution in [0.1, 0.15) is 19.8 Å². The van der Waals surface area contributed by atoms with E-state index in [0.717, 1.165) is 9.37 Å². The van der Waals surface area contributed by atoms with Gasteiger partial charge < -0.3 is 11.1 Å². The summed E-state index contributed by atoms with van der Waals surface area (Å²) in [6.07, 6.45) is 0.985. The molecule has 1 aromatic rings. The van der Waals surface area contributed by atoms with Gasteiger partial charge in [0, 0.05) is 34.1 Å². The monoisotopic (exact) mass is 346 g/mol. The van der Waals surface area contributed by atoms with Crippen LogP contribution in [-0.4, -0.2) is 28.5 Å². The van der Waals surface area contributed by atoms with Crippen LogP contribution in [-0.2, 0) is 15.6 Å². The van der Waals surface area contributed by atoms with Crippen molar-refractivity contribution in [1.29, 1.82) is 0 Å². The van der Waals surface area contributed by atoms with Crippen LogP contribution < -0.4 is 11.1 Å². The highest BCUT2D eigenvalue weighted by atomic mass is 79.9. The number of hydrogen-bond acceptors (Lipinski definition) is 3. The van der Waals surface area contributed by atoms with E-state index in [4.69, 9.17) is 5.73 Å². The average molecular weight is 347 g/mol. The second-order valence-corrected chi connectivity index (χ2v) is 6.80. The summed E-state index contributed by atoms with van der Waals surface area (Å²) in [5.41, 5.74) is 5.42. The van der Waals surface area contributed by atoms with Crippen LogP contribution in [0.15, 0.2) is 33.6 Å². The van der Waals surface area contributed by atoms with E-state index in [1.165, 1.54) is 0 Å². The summed E-state index contributed by atoms with van der Waals surface area (Å²) in [5, 5.41) is 2.78. The average Bonchev–Trinajstić information content (AvgIpc) is 2.39. The van der Waals surface area contributed by atoms with Crippen LogP contribution >= 0.6 is 15.9 Å². The van der Waals surface area contributed by atoms with Gasteiger partial charge >= 0.3 is 0 Å². The number of nitrogens with one attached hydrogen (secondary N) is 1. The van der Waals surface area contributed by atoms with E-state index in [9.17, 15) is 9.00 Å². The summed E-state index contributed by atoms with van der Waals surface area (Å²) in [4.78, 5) is 12.3. The molecule has 0 heterocycles. The zero-order valence-corrected chi connectivity index (χ0v) is 13.3. The van der Waals surface area contributed by atoms with Gasteiger partial charge in [-0.25, -0.2) is 0 Å². The molecule has 3 N–H and O–H groups in total. The Labute approximate surface area is 124 Å². The van der Waals surface area contributed by atoms with Crippen LogP contribution in [0.25, 0.3) is 0 Å². The Hall–Kier alpha value is -0.720. The van der Waals surface area contributed by atoms with Crippen molar-refractivity contribution in [3.8, 4) is 0 Å². The van der Waals surface area contributed by atoms with E-state index in [0.29, 0.717) is 25.1 Å². The molecule has 0 bridgehead atoms. The van der Waals surface area contributed by atoms with Crippen LogP contribution in [0.2, 0.25) is 0 Å². The topological polar surface area (TPSA) is 72.2 Å². The zero-order valence-electron chi connectivity index (χ0n) is 10.9.